The fourth-order valence-corrected chi connectivity index (χ4v) is 4.17. The van der Waals surface area contributed by atoms with E-state index in [1.807, 2.05) is 27.7 Å². The Labute approximate surface area is 117 Å². The highest BCUT2D eigenvalue weighted by atomic mass is 16.8. The first-order valence-corrected chi connectivity index (χ1v) is 7.18. The molecular weight excluding hydrogens is 260 g/mol. The summed E-state index contributed by atoms with van der Waals surface area (Å²) in [6.07, 6.45) is 1.86. The molecule has 5 rings (SSSR count). The van der Waals surface area contributed by atoms with Crippen LogP contribution in [0.4, 0.5) is 0 Å². The highest BCUT2D eigenvalue weighted by Gasteiger charge is 2.77. The second kappa shape index (κ2) is 3.19. The van der Waals surface area contributed by atoms with Gasteiger partial charge in [0, 0.05) is 17.9 Å². The third-order valence-corrected chi connectivity index (χ3v) is 5.91. The molecule has 20 heavy (non-hydrogen) atoms. The lowest BCUT2D eigenvalue weighted by Crippen LogP contribution is -2.80. The van der Waals surface area contributed by atoms with Crippen LogP contribution in [0, 0.1) is 11.3 Å². The molecule has 4 heterocycles. The van der Waals surface area contributed by atoms with Crippen molar-refractivity contribution in [1.82, 2.24) is 0 Å². The van der Waals surface area contributed by atoms with Crippen molar-refractivity contribution in [2.24, 2.45) is 11.3 Å². The molecule has 1 unspecified atom stereocenters. The van der Waals surface area contributed by atoms with E-state index in [0.29, 0.717) is 12.8 Å². The van der Waals surface area contributed by atoms with Crippen molar-refractivity contribution in [2.75, 3.05) is 0 Å². The zero-order chi connectivity index (χ0) is 14.6. The lowest BCUT2D eigenvalue weighted by molar-refractivity contribution is -0.531. The summed E-state index contributed by atoms with van der Waals surface area (Å²) in [6, 6.07) is 0. The SMILES string of the molecule is C[C@@H]1C[C@@]23O[C@@H]4CC(O)(O2)C(C)(C)[C@](C)(O4)C3=CC1=O. The predicted molar refractivity (Wildman–Crippen MR) is 68.4 cm³/mol. The molecule has 110 valence electrons. The summed E-state index contributed by atoms with van der Waals surface area (Å²) in [4.78, 5) is 12.1. The van der Waals surface area contributed by atoms with Crippen LogP contribution in [0.5, 0.6) is 0 Å². The summed E-state index contributed by atoms with van der Waals surface area (Å²) >= 11 is 0. The predicted octanol–water partition coefficient (Wildman–Crippen LogP) is 1.50. The van der Waals surface area contributed by atoms with E-state index < -0.39 is 28.9 Å². The van der Waals surface area contributed by atoms with Crippen molar-refractivity contribution in [3.8, 4) is 0 Å². The molecule has 4 fully saturated rings. The average molecular weight is 280 g/mol. The van der Waals surface area contributed by atoms with Gasteiger partial charge in [0.2, 0.25) is 5.79 Å². The zero-order valence-corrected chi connectivity index (χ0v) is 12.2. The minimum absolute atomic E-state index is 0.0675. The van der Waals surface area contributed by atoms with Gasteiger partial charge in [-0.3, -0.25) is 4.79 Å². The van der Waals surface area contributed by atoms with Gasteiger partial charge in [0.25, 0.3) is 0 Å². The number of hydrogen-bond acceptors (Lipinski definition) is 5. The maximum Gasteiger partial charge on any atom is 0.200 e. The topological polar surface area (TPSA) is 65.0 Å². The number of aliphatic hydroxyl groups is 1. The summed E-state index contributed by atoms with van der Waals surface area (Å²) in [5.74, 6) is -2.41. The molecule has 0 amide bonds. The van der Waals surface area contributed by atoms with Gasteiger partial charge in [0.05, 0.1) is 11.8 Å². The monoisotopic (exact) mass is 280 g/mol. The number of allylic oxidation sites excluding steroid dienone is 1. The normalized spacial score (nSPS) is 55.6. The van der Waals surface area contributed by atoms with Crippen molar-refractivity contribution >= 4 is 5.78 Å². The van der Waals surface area contributed by atoms with Crippen LogP contribution in [0.15, 0.2) is 11.6 Å². The van der Waals surface area contributed by atoms with E-state index in [0.717, 1.165) is 5.57 Å². The molecule has 0 radical (unpaired) electrons. The maximum atomic E-state index is 12.1. The third-order valence-electron chi connectivity index (χ3n) is 5.91. The molecule has 5 heteroatoms. The van der Waals surface area contributed by atoms with Crippen LogP contribution in [0.2, 0.25) is 0 Å². The Morgan fingerprint density at radius 1 is 1.25 bits per heavy atom. The molecule has 5 atom stereocenters. The highest BCUT2D eigenvalue weighted by Crippen LogP contribution is 2.67. The summed E-state index contributed by atoms with van der Waals surface area (Å²) in [7, 11) is 0. The number of hydrogen-bond donors (Lipinski definition) is 1. The van der Waals surface area contributed by atoms with Gasteiger partial charge in [-0.05, 0) is 13.0 Å². The Balaban J connectivity index is 1.98. The van der Waals surface area contributed by atoms with Gasteiger partial charge in [-0.15, -0.1) is 0 Å². The van der Waals surface area contributed by atoms with E-state index in [2.05, 4.69) is 0 Å². The van der Waals surface area contributed by atoms with Gasteiger partial charge in [-0.2, -0.15) is 0 Å². The van der Waals surface area contributed by atoms with Gasteiger partial charge in [-0.1, -0.05) is 20.8 Å². The summed E-state index contributed by atoms with van der Waals surface area (Å²) < 4.78 is 18.0. The van der Waals surface area contributed by atoms with E-state index in [1.54, 1.807) is 6.08 Å². The molecule has 5 nitrogen and oxygen atoms in total. The van der Waals surface area contributed by atoms with E-state index in [-0.39, 0.29) is 11.7 Å². The average Bonchev–Trinajstić information content (AvgIpc) is 2.29. The molecule has 0 aromatic carbocycles. The molecule has 4 bridgehead atoms. The number of ketones is 1. The van der Waals surface area contributed by atoms with Crippen LogP contribution in [-0.4, -0.2) is 34.4 Å². The van der Waals surface area contributed by atoms with Crippen LogP contribution in [-0.2, 0) is 19.0 Å². The molecule has 4 saturated heterocycles. The van der Waals surface area contributed by atoms with Crippen LogP contribution in [0.1, 0.15) is 40.5 Å². The largest absolute Gasteiger partial charge is 0.365 e. The first-order chi connectivity index (χ1) is 9.14. The zero-order valence-electron chi connectivity index (χ0n) is 12.2. The van der Waals surface area contributed by atoms with Crippen LogP contribution < -0.4 is 0 Å². The van der Waals surface area contributed by atoms with Crippen molar-refractivity contribution in [1.29, 1.82) is 0 Å². The van der Waals surface area contributed by atoms with Crippen LogP contribution in [0.3, 0.4) is 0 Å². The fourth-order valence-electron chi connectivity index (χ4n) is 4.17. The number of carbonyl (C=O) groups excluding carboxylic acids is 1. The van der Waals surface area contributed by atoms with Crippen molar-refractivity contribution in [2.45, 2.75) is 64.0 Å². The Morgan fingerprint density at radius 2 is 1.95 bits per heavy atom. The smallest absolute Gasteiger partial charge is 0.200 e. The van der Waals surface area contributed by atoms with Crippen molar-refractivity contribution in [3.63, 3.8) is 0 Å². The van der Waals surface area contributed by atoms with E-state index in [9.17, 15) is 9.90 Å². The van der Waals surface area contributed by atoms with Crippen molar-refractivity contribution < 1.29 is 24.1 Å². The van der Waals surface area contributed by atoms with E-state index >= 15 is 0 Å². The van der Waals surface area contributed by atoms with E-state index in [4.69, 9.17) is 14.2 Å². The molecule has 1 N–H and O–H groups in total. The van der Waals surface area contributed by atoms with E-state index in [1.165, 1.54) is 0 Å². The molecule has 5 aliphatic rings. The molecule has 1 aliphatic carbocycles. The quantitative estimate of drug-likeness (QED) is 0.728. The number of rotatable bonds is 0. The Kier molecular flexibility index (Phi) is 2.07. The first kappa shape index (κ1) is 13.0. The van der Waals surface area contributed by atoms with Crippen molar-refractivity contribution in [3.05, 3.63) is 11.6 Å². The van der Waals surface area contributed by atoms with Crippen LogP contribution >= 0.6 is 0 Å². The molecule has 0 saturated carbocycles. The van der Waals surface area contributed by atoms with Gasteiger partial charge in [-0.25, -0.2) is 0 Å². The second-order valence-electron chi connectivity index (χ2n) is 7.23. The minimum atomic E-state index is -1.29. The Hall–Kier alpha value is -0.750. The summed E-state index contributed by atoms with van der Waals surface area (Å²) in [5.41, 5.74) is -0.688. The first-order valence-electron chi connectivity index (χ1n) is 7.18. The second-order valence-corrected chi connectivity index (χ2v) is 7.23. The lowest BCUT2D eigenvalue weighted by Gasteiger charge is -2.71. The highest BCUT2D eigenvalue weighted by molar-refractivity contribution is 5.94. The van der Waals surface area contributed by atoms with Gasteiger partial charge >= 0.3 is 0 Å². The number of carbonyl (C=O) groups is 1. The number of ether oxygens (including phenoxy) is 3. The molecular formula is C15H20O5. The summed E-state index contributed by atoms with van der Waals surface area (Å²) in [6.45, 7) is 7.63. The molecule has 1 spiro atoms. The Bertz CT molecular complexity index is 552. The fraction of sp³-hybridized carbons (Fsp3) is 0.800. The maximum absolute atomic E-state index is 12.1. The lowest BCUT2D eigenvalue weighted by atomic mass is 9.57. The third kappa shape index (κ3) is 1.14. The van der Waals surface area contributed by atoms with Gasteiger partial charge < -0.3 is 19.3 Å². The van der Waals surface area contributed by atoms with Gasteiger partial charge in [0.15, 0.2) is 17.9 Å². The Morgan fingerprint density at radius 3 is 2.65 bits per heavy atom. The molecule has 4 aliphatic heterocycles. The molecule has 0 aromatic heterocycles. The minimum Gasteiger partial charge on any atom is -0.365 e. The molecule has 0 aromatic rings. The standard InChI is InChI=1S/C15H20O5/c1-8-6-14-10(5-9(8)16)13(4)12(2,3)15(17,20-14)7-11(18-13)19-14/h5,8,11,17H,6-7H2,1-4H3/t8-,11-,13-,14-,15?/m1/s1. The summed E-state index contributed by atoms with van der Waals surface area (Å²) in [5, 5.41) is 11.0. The van der Waals surface area contributed by atoms with Crippen LogP contribution in [0.25, 0.3) is 0 Å². The van der Waals surface area contributed by atoms with Gasteiger partial charge in [0.1, 0.15) is 5.60 Å².